The quantitative estimate of drug-likeness (QED) is 0.512. The molecule has 2 rings (SSSR count). The highest BCUT2D eigenvalue weighted by Crippen LogP contribution is 2.16. The molecule has 0 fully saturated rings. The van der Waals surface area contributed by atoms with Gasteiger partial charge in [0.25, 0.3) is 0 Å². The van der Waals surface area contributed by atoms with Gasteiger partial charge >= 0.3 is 0 Å². The molecule has 0 aliphatic heterocycles. The fourth-order valence-corrected chi connectivity index (χ4v) is 1.99. The van der Waals surface area contributed by atoms with Crippen LogP contribution in [0.3, 0.4) is 0 Å². The molecule has 2 aromatic rings. The second-order valence-corrected chi connectivity index (χ2v) is 4.44. The van der Waals surface area contributed by atoms with Crippen LogP contribution < -0.4 is 10.6 Å². The molecular weight excluding hydrogens is 262 g/mol. The largest absolute Gasteiger partial charge is 0.348 e. The lowest BCUT2D eigenvalue weighted by Crippen LogP contribution is -2.33. The Hall–Kier alpha value is -2.87. The first-order chi connectivity index (χ1) is 10.3. The average molecular weight is 279 g/mol. The highest BCUT2D eigenvalue weighted by Gasteiger charge is 2.11. The number of hydrogen-bond donors (Lipinski definition) is 2. The number of guanidine groups is 1. The van der Waals surface area contributed by atoms with Crippen LogP contribution in [0.15, 0.2) is 59.9 Å². The summed E-state index contributed by atoms with van der Waals surface area (Å²) in [5.41, 5.74) is 1.93. The van der Waals surface area contributed by atoms with Gasteiger partial charge < -0.3 is 10.6 Å². The van der Waals surface area contributed by atoms with E-state index in [-0.39, 0.29) is 6.04 Å². The molecular formula is C16H17N5. The van der Waals surface area contributed by atoms with Gasteiger partial charge in [0.15, 0.2) is 0 Å². The summed E-state index contributed by atoms with van der Waals surface area (Å²) in [5, 5.41) is 15.2. The van der Waals surface area contributed by atoms with E-state index in [9.17, 15) is 0 Å². The summed E-state index contributed by atoms with van der Waals surface area (Å²) < 4.78 is 0. The first-order valence-corrected chi connectivity index (χ1v) is 6.78. The number of aromatic nitrogens is 1. The van der Waals surface area contributed by atoms with E-state index in [1.165, 1.54) is 0 Å². The van der Waals surface area contributed by atoms with Gasteiger partial charge in [-0.2, -0.15) is 5.26 Å². The molecule has 1 aromatic carbocycles. The van der Waals surface area contributed by atoms with E-state index >= 15 is 0 Å². The van der Waals surface area contributed by atoms with Crippen molar-refractivity contribution in [1.82, 2.24) is 10.3 Å². The summed E-state index contributed by atoms with van der Waals surface area (Å²) in [6.07, 6.45) is 6.06. The summed E-state index contributed by atoms with van der Waals surface area (Å²) in [6.45, 7) is 2.08. The predicted molar refractivity (Wildman–Crippen MR) is 83.5 cm³/mol. The summed E-state index contributed by atoms with van der Waals surface area (Å²) in [4.78, 5) is 7.83. The van der Waals surface area contributed by atoms with Crippen LogP contribution >= 0.6 is 0 Å². The zero-order chi connectivity index (χ0) is 14.9. The van der Waals surface area contributed by atoms with Gasteiger partial charge in [0.1, 0.15) is 0 Å². The molecule has 21 heavy (non-hydrogen) atoms. The lowest BCUT2D eigenvalue weighted by molar-refractivity contribution is 0.624. The summed E-state index contributed by atoms with van der Waals surface area (Å²) in [5.74, 6) is 0.418. The molecule has 0 spiro atoms. The molecule has 1 aromatic heterocycles. The number of nitriles is 1. The maximum atomic E-state index is 8.84. The Bertz CT molecular complexity index is 616. The average Bonchev–Trinajstić information content (AvgIpc) is 2.54. The standard InChI is InChI=1S/C16H17N5/c1-2-15(13-7-4-3-5-8-13)21-16(19-12-17)20-14-9-6-10-18-11-14/h3-11,15H,2H2,1H3,(H2,19,20,21)/t15-/m1/s1. The third-order valence-electron chi connectivity index (χ3n) is 3.01. The zero-order valence-electron chi connectivity index (χ0n) is 11.8. The molecule has 1 heterocycles. The monoisotopic (exact) mass is 279 g/mol. The molecule has 0 aliphatic rings. The number of benzene rings is 1. The van der Waals surface area contributed by atoms with E-state index in [0.717, 1.165) is 17.7 Å². The van der Waals surface area contributed by atoms with Gasteiger partial charge in [0.2, 0.25) is 12.2 Å². The first-order valence-electron chi connectivity index (χ1n) is 6.78. The van der Waals surface area contributed by atoms with Crippen LogP contribution in [0, 0.1) is 11.5 Å². The number of rotatable bonds is 4. The van der Waals surface area contributed by atoms with Crippen LogP contribution in [-0.4, -0.2) is 10.9 Å². The second kappa shape index (κ2) is 7.65. The molecule has 106 valence electrons. The van der Waals surface area contributed by atoms with Gasteiger partial charge in [-0.05, 0) is 24.1 Å². The third kappa shape index (κ3) is 4.32. The maximum Gasteiger partial charge on any atom is 0.212 e. The van der Waals surface area contributed by atoms with Crippen molar-refractivity contribution < 1.29 is 0 Å². The van der Waals surface area contributed by atoms with Crippen molar-refractivity contribution in [3.8, 4) is 6.19 Å². The van der Waals surface area contributed by atoms with Crippen LogP contribution in [0.2, 0.25) is 0 Å². The lowest BCUT2D eigenvalue weighted by atomic mass is 10.1. The van der Waals surface area contributed by atoms with Crippen LogP contribution in [0.5, 0.6) is 0 Å². The predicted octanol–water partition coefficient (Wildman–Crippen LogP) is 3.07. The van der Waals surface area contributed by atoms with Crippen molar-refractivity contribution in [2.45, 2.75) is 19.4 Å². The van der Waals surface area contributed by atoms with E-state index in [1.54, 1.807) is 12.4 Å². The highest BCUT2D eigenvalue weighted by molar-refractivity contribution is 5.94. The van der Waals surface area contributed by atoms with Gasteiger partial charge in [-0.1, -0.05) is 37.3 Å². The highest BCUT2D eigenvalue weighted by atomic mass is 15.2. The number of nitrogens with one attached hydrogen (secondary N) is 2. The SMILES string of the molecule is CC[C@@H](NC(=NC#N)Nc1cccnc1)c1ccccc1. The number of anilines is 1. The first kappa shape index (κ1) is 14.5. The molecule has 2 N–H and O–H groups in total. The van der Waals surface area contributed by atoms with Crippen LogP contribution in [0.4, 0.5) is 5.69 Å². The molecule has 0 radical (unpaired) electrons. The van der Waals surface area contributed by atoms with E-state index in [2.05, 4.69) is 39.7 Å². The van der Waals surface area contributed by atoms with E-state index in [4.69, 9.17) is 5.26 Å². The van der Waals surface area contributed by atoms with E-state index in [0.29, 0.717) is 5.96 Å². The molecule has 0 unspecified atom stereocenters. The van der Waals surface area contributed by atoms with Crippen molar-refractivity contribution in [1.29, 1.82) is 5.26 Å². The Morgan fingerprint density at radius 1 is 1.29 bits per heavy atom. The Morgan fingerprint density at radius 2 is 2.10 bits per heavy atom. The molecule has 0 bridgehead atoms. The normalized spacial score (nSPS) is 12.3. The fourth-order valence-electron chi connectivity index (χ4n) is 1.99. The van der Waals surface area contributed by atoms with Crippen molar-refractivity contribution in [3.05, 3.63) is 60.4 Å². The Balaban J connectivity index is 2.12. The van der Waals surface area contributed by atoms with Crippen molar-refractivity contribution in [3.63, 3.8) is 0 Å². The lowest BCUT2D eigenvalue weighted by Gasteiger charge is -2.20. The third-order valence-corrected chi connectivity index (χ3v) is 3.01. The van der Waals surface area contributed by atoms with Gasteiger partial charge in [-0.15, -0.1) is 4.99 Å². The van der Waals surface area contributed by atoms with Gasteiger partial charge in [0, 0.05) is 6.20 Å². The second-order valence-electron chi connectivity index (χ2n) is 4.44. The van der Waals surface area contributed by atoms with Crippen LogP contribution in [0.1, 0.15) is 24.9 Å². The zero-order valence-corrected chi connectivity index (χ0v) is 11.8. The van der Waals surface area contributed by atoms with Crippen molar-refractivity contribution >= 4 is 11.6 Å². The van der Waals surface area contributed by atoms with Crippen molar-refractivity contribution in [2.24, 2.45) is 4.99 Å². The Labute approximate surface area is 124 Å². The summed E-state index contributed by atoms with van der Waals surface area (Å²) >= 11 is 0. The van der Waals surface area contributed by atoms with Crippen molar-refractivity contribution in [2.75, 3.05) is 5.32 Å². The molecule has 0 saturated heterocycles. The summed E-state index contributed by atoms with van der Waals surface area (Å²) in [6, 6.07) is 13.8. The minimum Gasteiger partial charge on any atom is -0.348 e. The number of nitrogens with zero attached hydrogens (tertiary/aromatic N) is 3. The number of hydrogen-bond acceptors (Lipinski definition) is 3. The number of pyridine rings is 1. The van der Waals surface area contributed by atoms with Crippen LogP contribution in [-0.2, 0) is 0 Å². The molecule has 0 amide bonds. The smallest absolute Gasteiger partial charge is 0.212 e. The minimum absolute atomic E-state index is 0.0856. The molecule has 1 atom stereocenters. The van der Waals surface area contributed by atoms with E-state index < -0.39 is 0 Å². The molecule has 5 nitrogen and oxygen atoms in total. The fraction of sp³-hybridized carbons (Fsp3) is 0.188. The van der Waals surface area contributed by atoms with Gasteiger partial charge in [-0.3, -0.25) is 4.98 Å². The topological polar surface area (TPSA) is 73.1 Å². The van der Waals surface area contributed by atoms with Crippen LogP contribution in [0.25, 0.3) is 0 Å². The molecule has 0 saturated carbocycles. The molecule has 5 heteroatoms. The summed E-state index contributed by atoms with van der Waals surface area (Å²) in [7, 11) is 0. The Kier molecular flexibility index (Phi) is 5.30. The Morgan fingerprint density at radius 3 is 2.71 bits per heavy atom. The van der Waals surface area contributed by atoms with E-state index in [1.807, 2.05) is 36.5 Å². The maximum absolute atomic E-state index is 8.84. The van der Waals surface area contributed by atoms with Gasteiger partial charge in [0.05, 0.1) is 17.9 Å². The number of aliphatic imine (C=N–C) groups is 1. The minimum atomic E-state index is 0.0856. The molecule has 0 aliphatic carbocycles. The van der Waals surface area contributed by atoms with Gasteiger partial charge in [-0.25, -0.2) is 0 Å².